The summed E-state index contributed by atoms with van der Waals surface area (Å²) < 4.78 is 0. The van der Waals surface area contributed by atoms with Crippen molar-refractivity contribution in [3.05, 3.63) is 58.9 Å². The zero-order valence-corrected chi connectivity index (χ0v) is 13.7. The zero-order chi connectivity index (χ0) is 16.2. The fraction of sp³-hybridized carbons (Fsp3) is 0.312. The number of benzene rings is 1. The highest BCUT2D eigenvalue weighted by Crippen LogP contribution is 2.14. The minimum absolute atomic E-state index is 0.563. The number of hydrogen-bond donors (Lipinski definition) is 4. The van der Waals surface area contributed by atoms with Gasteiger partial charge in [0.25, 0.3) is 0 Å². The first-order valence-corrected chi connectivity index (χ1v) is 8.19. The summed E-state index contributed by atoms with van der Waals surface area (Å²) in [4.78, 5) is 4.03. The van der Waals surface area contributed by atoms with E-state index in [1.54, 1.807) is 11.8 Å². The average molecular weight is 319 g/mol. The van der Waals surface area contributed by atoms with Crippen molar-refractivity contribution in [2.24, 2.45) is 16.6 Å². The molecule has 0 bridgehead atoms. The highest BCUT2D eigenvalue weighted by molar-refractivity contribution is 8.02. The van der Waals surface area contributed by atoms with Crippen molar-refractivity contribution in [2.45, 2.75) is 19.3 Å². The van der Waals surface area contributed by atoms with Gasteiger partial charge in [-0.3, -0.25) is 4.99 Å². The Bertz CT molecular complexity index is 496. The number of nitrogens with two attached hydrogens (primary N) is 2. The van der Waals surface area contributed by atoms with Gasteiger partial charge in [0.15, 0.2) is 0 Å². The summed E-state index contributed by atoms with van der Waals surface area (Å²) in [6, 6.07) is 8.61. The molecule has 0 saturated carbocycles. The molecule has 1 aromatic carbocycles. The van der Waals surface area contributed by atoms with Crippen LogP contribution in [0.3, 0.4) is 0 Å². The van der Waals surface area contributed by atoms with Gasteiger partial charge < -0.3 is 16.5 Å². The molecule has 0 aliphatic carbocycles. The first-order chi connectivity index (χ1) is 10.7. The molecule has 6 N–H and O–H groups in total. The number of allylic oxidation sites excluding steroid dienone is 1. The van der Waals surface area contributed by atoms with Crippen LogP contribution < -0.4 is 22.3 Å². The lowest BCUT2D eigenvalue weighted by Gasteiger charge is -2.09. The number of aryl methyl sites for hydroxylation is 1. The van der Waals surface area contributed by atoms with E-state index in [1.807, 2.05) is 5.41 Å². The average Bonchev–Trinajstić information content (AvgIpc) is 2.56. The van der Waals surface area contributed by atoms with Gasteiger partial charge in [0.1, 0.15) is 5.82 Å². The Hall–Kier alpha value is -1.76. The Morgan fingerprint density at radius 2 is 1.86 bits per heavy atom. The minimum atomic E-state index is 0.563. The third-order valence-corrected chi connectivity index (χ3v) is 3.77. The van der Waals surface area contributed by atoms with Gasteiger partial charge in [-0.25, -0.2) is 5.84 Å². The van der Waals surface area contributed by atoms with Gasteiger partial charge in [0.05, 0.1) is 0 Å². The lowest BCUT2D eigenvalue weighted by atomic mass is 10.0. The van der Waals surface area contributed by atoms with E-state index in [9.17, 15) is 0 Å². The Morgan fingerprint density at radius 1 is 1.23 bits per heavy atom. The van der Waals surface area contributed by atoms with E-state index < -0.39 is 0 Å². The Kier molecular flexibility index (Phi) is 9.06. The molecule has 1 rings (SSSR count). The summed E-state index contributed by atoms with van der Waals surface area (Å²) in [6.07, 6.45) is 2.75. The van der Waals surface area contributed by atoms with Gasteiger partial charge in [-0.1, -0.05) is 30.8 Å². The molecule has 0 atom stereocenters. The second kappa shape index (κ2) is 10.9. The molecule has 1 aromatic rings. The number of thioether (sulfide) groups is 1. The van der Waals surface area contributed by atoms with Crippen molar-refractivity contribution in [1.82, 2.24) is 10.7 Å². The fourth-order valence-electron chi connectivity index (χ4n) is 1.87. The predicted molar refractivity (Wildman–Crippen MR) is 97.2 cm³/mol. The monoisotopic (exact) mass is 319 g/mol. The molecule has 0 aliphatic heterocycles. The van der Waals surface area contributed by atoms with E-state index >= 15 is 0 Å². The van der Waals surface area contributed by atoms with Gasteiger partial charge in [-0.2, -0.15) is 0 Å². The lowest BCUT2D eigenvalue weighted by molar-refractivity contribution is 0.704. The molecule has 120 valence electrons. The van der Waals surface area contributed by atoms with Crippen LogP contribution in [0.2, 0.25) is 0 Å². The second-order valence-electron chi connectivity index (χ2n) is 4.72. The third-order valence-electron chi connectivity index (χ3n) is 3.14. The molecule has 0 saturated heterocycles. The van der Waals surface area contributed by atoms with E-state index in [2.05, 4.69) is 53.3 Å². The fourth-order valence-corrected chi connectivity index (χ4v) is 2.35. The molecular weight excluding hydrogens is 294 g/mol. The first-order valence-electron chi connectivity index (χ1n) is 7.14. The number of hydrazine groups is 1. The van der Waals surface area contributed by atoms with Crippen LogP contribution in [-0.2, 0) is 12.8 Å². The maximum atomic E-state index is 5.46. The Balaban J connectivity index is 2.41. The van der Waals surface area contributed by atoms with Crippen LogP contribution in [-0.4, -0.2) is 19.1 Å². The van der Waals surface area contributed by atoms with Crippen molar-refractivity contribution in [1.29, 1.82) is 0 Å². The molecule has 0 aliphatic rings. The number of aliphatic imine (C=N–C) groups is 1. The largest absolute Gasteiger partial charge is 0.371 e. The van der Waals surface area contributed by atoms with Gasteiger partial charge in [0, 0.05) is 18.1 Å². The number of nitrogens with zero attached hydrogens (tertiary/aromatic N) is 1. The second-order valence-corrected chi connectivity index (χ2v) is 5.62. The van der Waals surface area contributed by atoms with E-state index in [0.717, 1.165) is 31.5 Å². The molecule has 0 radical (unpaired) electrons. The van der Waals surface area contributed by atoms with Crippen LogP contribution in [0.4, 0.5) is 0 Å². The normalized spacial score (nSPS) is 11.1. The van der Waals surface area contributed by atoms with Crippen LogP contribution in [0.5, 0.6) is 0 Å². The van der Waals surface area contributed by atoms with Gasteiger partial charge in [-0.05, 0) is 42.5 Å². The molecule has 6 heteroatoms. The SMILES string of the molecule is C=N/C(=C\SCN)CCc1ccc(CCNC(=C)NN)cc1. The third kappa shape index (κ3) is 7.31. The highest BCUT2D eigenvalue weighted by atomic mass is 32.2. The van der Waals surface area contributed by atoms with Crippen molar-refractivity contribution in [3.8, 4) is 0 Å². The molecule has 5 nitrogen and oxygen atoms in total. The van der Waals surface area contributed by atoms with Gasteiger partial charge in [0.2, 0.25) is 0 Å². The summed E-state index contributed by atoms with van der Waals surface area (Å²) in [7, 11) is 0. The van der Waals surface area contributed by atoms with Crippen LogP contribution in [0.25, 0.3) is 0 Å². The summed E-state index contributed by atoms with van der Waals surface area (Å²) in [6.45, 7) is 8.10. The van der Waals surface area contributed by atoms with Crippen LogP contribution in [0, 0.1) is 0 Å². The molecule has 0 heterocycles. The van der Waals surface area contributed by atoms with Crippen LogP contribution in [0.1, 0.15) is 17.5 Å². The summed E-state index contributed by atoms with van der Waals surface area (Å²) in [5.74, 6) is 6.43. The Labute approximate surface area is 136 Å². The van der Waals surface area contributed by atoms with E-state index in [1.165, 1.54) is 11.1 Å². The number of nitrogens with one attached hydrogen (secondary N) is 2. The molecular formula is C16H25N5S. The van der Waals surface area contributed by atoms with Gasteiger partial charge >= 0.3 is 0 Å². The maximum absolute atomic E-state index is 5.46. The van der Waals surface area contributed by atoms with Crippen LogP contribution in [0.15, 0.2) is 52.8 Å². The smallest absolute Gasteiger partial charge is 0.105 e. The summed E-state index contributed by atoms with van der Waals surface area (Å²) in [5, 5.41) is 5.07. The standard InChI is InChI=1S/C16H25N5S/c1-13(21-18)20-10-9-15-5-3-14(4-6-15)7-8-16(19-2)11-22-12-17/h3-6,11,20-21H,1-2,7-10,12,17-18H2/b16-11-. The highest BCUT2D eigenvalue weighted by Gasteiger charge is 1.99. The molecule has 0 amide bonds. The molecule has 0 aromatic heterocycles. The van der Waals surface area contributed by atoms with Crippen molar-refractivity contribution in [2.75, 3.05) is 12.4 Å². The topological polar surface area (TPSA) is 88.5 Å². The predicted octanol–water partition coefficient (Wildman–Crippen LogP) is 1.88. The van der Waals surface area contributed by atoms with Crippen LogP contribution >= 0.6 is 11.8 Å². The molecule has 0 unspecified atom stereocenters. The Morgan fingerprint density at radius 3 is 2.41 bits per heavy atom. The van der Waals surface area contributed by atoms with Gasteiger partial charge in [-0.15, -0.1) is 11.8 Å². The number of rotatable bonds is 11. The molecule has 0 spiro atoms. The van der Waals surface area contributed by atoms with E-state index in [4.69, 9.17) is 11.6 Å². The summed E-state index contributed by atoms with van der Waals surface area (Å²) in [5.41, 5.74) is 11.5. The molecule has 22 heavy (non-hydrogen) atoms. The van der Waals surface area contributed by atoms with Crippen molar-refractivity contribution >= 4 is 18.5 Å². The number of hydrogen-bond acceptors (Lipinski definition) is 6. The van der Waals surface area contributed by atoms with E-state index in [-0.39, 0.29) is 0 Å². The quantitative estimate of drug-likeness (QED) is 0.216. The van der Waals surface area contributed by atoms with Crippen molar-refractivity contribution < 1.29 is 0 Å². The van der Waals surface area contributed by atoms with Crippen molar-refractivity contribution in [3.63, 3.8) is 0 Å². The minimum Gasteiger partial charge on any atom is -0.371 e. The van der Waals surface area contributed by atoms with E-state index in [0.29, 0.717) is 11.7 Å². The lowest BCUT2D eigenvalue weighted by Crippen LogP contribution is -2.31. The molecule has 0 fully saturated rings. The summed E-state index contributed by atoms with van der Waals surface area (Å²) >= 11 is 1.55. The first kappa shape index (κ1) is 18.3. The maximum Gasteiger partial charge on any atom is 0.105 e. The zero-order valence-electron chi connectivity index (χ0n) is 12.8.